The third-order valence-corrected chi connectivity index (χ3v) is 4.94. The summed E-state index contributed by atoms with van der Waals surface area (Å²) in [5.74, 6) is -0.474. The fraction of sp³-hybridized carbons (Fsp3) is 0.318. The van der Waals surface area contributed by atoms with Gasteiger partial charge in [-0.2, -0.15) is 0 Å². The first kappa shape index (κ1) is 20.4. The zero-order chi connectivity index (χ0) is 21.1. The van der Waals surface area contributed by atoms with Gasteiger partial charge in [-0.05, 0) is 24.1 Å². The standard InChI is InChI=1S/C22H24N2O5/c1-13(2)18(24-21(26)15-9-5-6-10-16(15)22(24)27)20(25)23-12-14-8-7-11-17(28-3)19(14)29-4/h5-11,13,18H,12H2,1-4H3,(H,23,25). The van der Waals surface area contributed by atoms with Gasteiger partial charge in [0.15, 0.2) is 11.5 Å². The van der Waals surface area contributed by atoms with Crippen molar-refractivity contribution in [1.82, 2.24) is 10.2 Å². The van der Waals surface area contributed by atoms with Gasteiger partial charge < -0.3 is 14.8 Å². The number of imide groups is 1. The molecule has 1 aliphatic rings. The lowest BCUT2D eigenvalue weighted by atomic mass is 10.0. The molecule has 0 fully saturated rings. The number of para-hydroxylation sites is 1. The number of nitrogens with one attached hydrogen (secondary N) is 1. The number of nitrogens with zero attached hydrogens (tertiary/aromatic N) is 1. The van der Waals surface area contributed by atoms with Gasteiger partial charge in [0, 0.05) is 12.1 Å². The lowest BCUT2D eigenvalue weighted by Gasteiger charge is -2.28. The molecule has 2 aromatic rings. The molecule has 2 aromatic carbocycles. The first-order valence-corrected chi connectivity index (χ1v) is 9.35. The van der Waals surface area contributed by atoms with Gasteiger partial charge in [-0.3, -0.25) is 19.3 Å². The fourth-order valence-corrected chi connectivity index (χ4v) is 3.56. The van der Waals surface area contributed by atoms with E-state index in [1.54, 1.807) is 50.2 Å². The minimum absolute atomic E-state index is 0.172. The number of amides is 3. The number of methoxy groups -OCH3 is 2. The van der Waals surface area contributed by atoms with Crippen LogP contribution >= 0.6 is 0 Å². The molecule has 0 saturated heterocycles. The van der Waals surface area contributed by atoms with Crippen LogP contribution in [0, 0.1) is 5.92 Å². The molecule has 0 radical (unpaired) electrons. The Balaban J connectivity index is 1.82. The summed E-state index contributed by atoms with van der Waals surface area (Å²) >= 11 is 0. The van der Waals surface area contributed by atoms with Crippen LogP contribution in [0.4, 0.5) is 0 Å². The van der Waals surface area contributed by atoms with E-state index in [2.05, 4.69) is 5.32 Å². The molecule has 1 N–H and O–H groups in total. The molecule has 0 bridgehead atoms. The molecular weight excluding hydrogens is 372 g/mol. The Labute approximate surface area is 169 Å². The van der Waals surface area contributed by atoms with Crippen LogP contribution in [0.25, 0.3) is 0 Å². The molecule has 1 heterocycles. The number of hydrogen-bond donors (Lipinski definition) is 1. The Kier molecular flexibility index (Phi) is 5.87. The van der Waals surface area contributed by atoms with Gasteiger partial charge >= 0.3 is 0 Å². The van der Waals surface area contributed by atoms with Gasteiger partial charge in [0.05, 0.1) is 25.3 Å². The van der Waals surface area contributed by atoms with E-state index < -0.39 is 23.8 Å². The summed E-state index contributed by atoms with van der Waals surface area (Å²) in [6.07, 6.45) is 0. The number of carbonyl (C=O) groups excluding carboxylic acids is 3. The lowest BCUT2D eigenvalue weighted by molar-refractivity contribution is -0.126. The molecule has 3 amide bonds. The van der Waals surface area contributed by atoms with Gasteiger partial charge in [0.1, 0.15) is 6.04 Å². The average molecular weight is 396 g/mol. The predicted molar refractivity (Wildman–Crippen MR) is 107 cm³/mol. The predicted octanol–water partition coefficient (Wildman–Crippen LogP) is 2.64. The highest BCUT2D eigenvalue weighted by molar-refractivity contribution is 6.22. The van der Waals surface area contributed by atoms with Crippen molar-refractivity contribution >= 4 is 17.7 Å². The SMILES string of the molecule is COc1cccc(CNC(=O)C(C(C)C)N2C(=O)c3ccccc3C2=O)c1OC. The summed E-state index contributed by atoms with van der Waals surface area (Å²) in [4.78, 5) is 39.7. The van der Waals surface area contributed by atoms with Crippen molar-refractivity contribution in [3.63, 3.8) is 0 Å². The van der Waals surface area contributed by atoms with Crippen molar-refractivity contribution in [2.75, 3.05) is 14.2 Å². The fourth-order valence-electron chi connectivity index (χ4n) is 3.56. The first-order chi connectivity index (χ1) is 13.9. The minimum Gasteiger partial charge on any atom is -0.493 e. The molecule has 29 heavy (non-hydrogen) atoms. The molecule has 1 aliphatic heterocycles. The Morgan fingerprint density at radius 2 is 1.59 bits per heavy atom. The molecular formula is C22H24N2O5. The molecule has 1 atom stereocenters. The quantitative estimate of drug-likeness (QED) is 0.728. The highest BCUT2D eigenvalue weighted by Crippen LogP contribution is 2.31. The Bertz CT molecular complexity index is 919. The smallest absolute Gasteiger partial charge is 0.262 e. The highest BCUT2D eigenvalue weighted by atomic mass is 16.5. The van der Waals surface area contributed by atoms with Crippen LogP contribution in [0.1, 0.15) is 40.1 Å². The maximum absolute atomic E-state index is 13.0. The van der Waals surface area contributed by atoms with E-state index in [4.69, 9.17) is 9.47 Å². The van der Waals surface area contributed by atoms with E-state index in [0.29, 0.717) is 22.6 Å². The molecule has 3 rings (SSSR count). The summed E-state index contributed by atoms with van der Waals surface area (Å²) in [5, 5.41) is 2.83. The number of hydrogen-bond acceptors (Lipinski definition) is 5. The van der Waals surface area contributed by atoms with Crippen LogP contribution in [0.15, 0.2) is 42.5 Å². The van der Waals surface area contributed by atoms with Crippen LogP contribution in [-0.4, -0.2) is 42.9 Å². The van der Waals surface area contributed by atoms with Gasteiger partial charge in [-0.25, -0.2) is 0 Å². The number of ether oxygens (including phenoxy) is 2. The van der Waals surface area contributed by atoms with E-state index in [9.17, 15) is 14.4 Å². The summed E-state index contributed by atoms with van der Waals surface area (Å²) in [6.45, 7) is 3.78. The molecule has 0 aliphatic carbocycles. The van der Waals surface area contributed by atoms with Crippen molar-refractivity contribution < 1.29 is 23.9 Å². The highest BCUT2D eigenvalue weighted by Gasteiger charge is 2.43. The van der Waals surface area contributed by atoms with E-state index >= 15 is 0 Å². The molecule has 0 saturated carbocycles. The Morgan fingerprint density at radius 3 is 2.10 bits per heavy atom. The molecule has 0 aromatic heterocycles. The monoisotopic (exact) mass is 396 g/mol. The summed E-state index contributed by atoms with van der Waals surface area (Å²) in [5.41, 5.74) is 1.38. The minimum atomic E-state index is -0.918. The topological polar surface area (TPSA) is 84.9 Å². The number of carbonyl (C=O) groups is 3. The molecule has 1 unspecified atom stereocenters. The van der Waals surface area contributed by atoms with E-state index in [0.717, 1.165) is 10.5 Å². The van der Waals surface area contributed by atoms with Crippen molar-refractivity contribution in [2.45, 2.75) is 26.4 Å². The number of fused-ring (bicyclic) bond motifs is 1. The molecule has 0 spiro atoms. The van der Waals surface area contributed by atoms with Crippen molar-refractivity contribution in [3.05, 3.63) is 59.2 Å². The molecule has 7 nitrogen and oxygen atoms in total. The zero-order valence-electron chi connectivity index (χ0n) is 16.9. The summed E-state index contributed by atoms with van der Waals surface area (Å²) < 4.78 is 10.7. The van der Waals surface area contributed by atoms with Crippen LogP contribution in [0.2, 0.25) is 0 Å². The second-order valence-corrected chi connectivity index (χ2v) is 7.09. The van der Waals surface area contributed by atoms with Crippen molar-refractivity contribution in [2.24, 2.45) is 5.92 Å². The average Bonchev–Trinajstić information content (AvgIpc) is 2.97. The van der Waals surface area contributed by atoms with Crippen LogP contribution in [0.3, 0.4) is 0 Å². The summed E-state index contributed by atoms with van der Waals surface area (Å²) in [7, 11) is 3.07. The third kappa shape index (κ3) is 3.68. The van der Waals surface area contributed by atoms with E-state index in [-0.39, 0.29) is 12.5 Å². The van der Waals surface area contributed by atoms with E-state index in [1.165, 1.54) is 14.2 Å². The van der Waals surface area contributed by atoms with Crippen molar-refractivity contribution in [1.29, 1.82) is 0 Å². The number of rotatable bonds is 7. The van der Waals surface area contributed by atoms with Gasteiger partial charge in [0.25, 0.3) is 11.8 Å². The Hall–Kier alpha value is -3.35. The van der Waals surface area contributed by atoms with Gasteiger partial charge in [-0.15, -0.1) is 0 Å². The third-order valence-electron chi connectivity index (χ3n) is 4.94. The summed E-state index contributed by atoms with van der Waals surface area (Å²) in [6, 6.07) is 11.1. The van der Waals surface area contributed by atoms with Gasteiger partial charge in [0.2, 0.25) is 5.91 Å². The van der Waals surface area contributed by atoms with Crippen LogP contribution < -0.4 is 14.8 Å². The maximum Gasteiger partial charge on any atom is 0.262 e. The maximum atomic E-state index is 13.0. The zero-order valence-corrected chi connectivity index (χ0v) is 16.9. The normalized spacial score (nSPS) is 14.0. The second-order valence-electron chi connectivity index (χ2n) is 7.09. The number of benzene rings is 2. The molecule has 7 heteroatoms. The Morgan fingerprint density at radius 1 is 0.966 bits per heavy atom. The molecule has 152 valence electrons. The van der Waals surface area contributed by atoms with Gasteiger partial charge in [-0.1, -0.05) is 38.1 Å². The lowest BCUT2D eigenvalue weighted by Crippen LogP contribution is -2.52. The second kappa shape index (κ2) is 8.34. The van der Waals surface area contributed by atoms with Crippen molar-refractivity contribution in [3.8, 4) is 11.5 Å². The largest absolute Gasteiger partial charge is 0.493 e. The first-order valence-electron chi connectivity index (χ1n) is 9.35. The van der Waals surface area contributed by atoms with Crippen LogP contribution in [-0.2, 0) is 11.3 Å². The van der Waals surface area contributed by atoms with E-state index in [1.807, 2.05) is 6.07 Å². The van der Waals surface area contributed by atoms with Crippen LogP contribution in [0.5, 0.6) is 11.5 Å².